The molecule has 1 aromatic carbocycles. The number of unbranched alkanes of at least 4 members (excludes halogenated alkanes) is 2. The Hall–Kier alpha value is 0.0243. The van der Waals surface area contributed by atoms with Crippen LogP contribution >= 0.6 is 0 Å². The predicted molar refractivity (Wildman–Crippen MR) is 119 cm³/mol. The van der Waals surface area contributed by atoms with Crippen LogP contribution in [0.25, 0.3) is 0 Å². The van der Waals surface area contributed by atoms with Crippen LogP contribution in [0.4, 0.5) is 0 Å². The second kappa shape index (κ2) is 15.9. The molecule has 0 aliphatic carbocycles. The van der Waals surface area contributed by atoms with Gasteiger partial charge in [0.25, 0.3) is 0 Å². The van der Waals surface area contributed by atoms with Gasteiger partial charge >= 0.3 is 21.7 Å². The van der Waals surface area contributed by atoms with Crippen molar-refractivity contribution in [1.82, 2.24) is 4.90 Å². The van der Waals surface area contributed by atoms with Crippen molar-refractivity contribution in [3.05, 3.63) is 28.8 Å². The minimum absolute atomic E-state index is 0. The van der Waals surface area contributed by atoms with Crippen LogP contribution in [-0.2, 0) is 28.1 Å². The average Bonchev–Trinajstić information content (AvgIpc) is 3.06. The first-order chi connectivity index (χ1) is 12.6. The predicted octanol–water partition coefficient (Wildman–Crippen LogP) is 7.65. The van der Waals surface area contributed by atoms with Crippen molar-refractivity contribution in [2.24, 2.45) is 0 Å². The second-order valence-corrected chi connectivity index (χ2v) is 8.45. The van der Waals surface area contributed by atoms with Gasteiger partial charge < -0.3 is 4.90 Å². The van der Waals surface area contributed by atoms with Crippen molar-refractivity contribution in [1.29, 1.82) is 0 Å². The fourth-order valence-electron chi connectivity index (χ4n) is 4.12. The third-order valence-corrected chi connectivity index (χ3v) is 5.93. The van der Waals surface area contributed by atoms with Gasteiger partial charge in [0, 0.05) is 0 Å². The Bertz CT molecular complexity index is 457. The van der Waals surface area contributed by atoms with Crippen LogP contribution in [0.2, 0.25) is 0 Å². The van der Waals surface area contributed by atoms with Crippen molar-refractivity contribution in [2.75, 3.05) is 19.6 Å². The third kappa shape index (κ3) is 9.86. The molecule has 0 amide bonds. The fourth-order valence-corrected chi connectivity index (χ4v) is 4.12. The third-order valence-electron chi connectivity index (χ3n) is 5.93. The molecule has 1 aromatic rings. The van der Waals surface area contributed by atoms with Crippen molar-refractivity contribution in [2.45, 2.75) is 111 Å². The van der Waals surface area contributed by atoms with Crippen LogP contribution in [0.3, 0.4) is 0 Å². The molecule has 153 valence electrons. The maximum absolute atomic E-state index is 2.71. The molecule has 27 heavy (non-hydrogen) atoms. The molecule has 2 atom stereocenters. The molecule has 0 bridgehead atoms. The van der Waals surface area contributed by atoms with Gasteiger partial charge in [-0.25, -0.2) is 6.07 Å². The Morgan fingerprint density at radius 2 is 1.37 bits per heavy atom. The Balaban J connectivity index is 0.00000676. The van der Waals surface area contributed by atoms with Gasteiger partial charge in [0.15, 0.2) is 0 Å². The van der Waals surface area contributed by atoms with E-state index in [9.17, 15) is 0 Å². The van der Waals surface area contributed by atoms with Crippen molar-refractivity contribution >= 4 is 0 Å². The van der Waals surface area contributed by atoms with Gasteiger partial charge in [-0.15, -0.1) is 0 Å². The first-order valence-electron chi connectivity index (χ1n) is 11.6. The van der Waals surface area contributed by atoms with E-state index in [0.29, 0.717) is 11.8 Å². The molecule has 1 nitrogen and oxygen atoms in total. The molecule has 1 radical (unpaired) electrons. The fraction of sp³-hybridized carbons (Fsp3) is 0.800. The summed E-state index contributed by atoms with van der Waals surface area (Å²) in [5, 5.41) is 0. The van der Waals surface area contributed by atoms with E-state index in [4.69, 9.17) is 0 Å². The number of hydrogen-bond acceptors (Lipinski definition) is 1. The van der Waals surface area contributed by atoms with Crippen LogP contribution in [-0.4, -0.2) is 24.5 Å². The topological polar surface area (TPSA) is 3.24 Å². The maximum Gasteiger partial charge on any atom is 3.00 e. The molecule has 0 saturated heterocycles. The van der Waals surface area contributed by atoms with E-state index in [1.165, 1.54) is 77.4 Å². The van der Waals surface area contributed by atoms with Crippen LogP contribution in [0.15, 0.2) is 12.1 Å². The molecule has 0 fully saturated rings. The first-order valence-corrected chi connectivity index (χ1v) is 11.6. The second-order valence-electron chi connectivity index (χ2n) is 8.45. The molecular formula is C25H46NTi+2. The zero-order valence-electron chi connectivity index (χ0n) is 19.2. The van der Waals surface area contributed by atoms with E-state index in [1.54, 1.807) is 16.7 Å². The minimum Gasteiger partial charge on any atom is -0.304 e. The molecule has 0 spiro atoms. The number of rotatable bonds is 15. The maximum atomic E-state index is 2.71. The zero-order valence-corrected chi connectivity index (χ0v) is 20.8. The summed E-state index contributed by atoms with van der Waals surface area (Å²) < 4.78 is 0. The van der Waals surface area contributed by atoms with Gasteiger partial charge in [-0.2, -0.15) is 22.8 Å². The first kappa shape index (κ1) is 27.0. The summed E-state index contributed by atoms with van der Waals surface area (Å²) in [7, 11) is 0. The summed E-state index contributed by atoms with van der Waals surface area (Å²) in [6, 6.07) is 5.11. The van der Waals surface area contributed by atoms with E-state index >= 15 is 0 Å². The Morgan fingerprint density at radius 1 is 0.815 bits per heavy atom. The summed E-state index contributed by atoms with van der Waals surface area (Å²) in [6.45, 7) is 17.9. The van der Waals surface area contributed by atoms with Crippen LogP contribution < -0.4 is 0 Å². The van der Waals surface area contributed by atoms with Gasteiger partial charge in [-0.1, -0.05) is 86.0 Å². The molecule has 2 heteroatoms. The van der Waals surface area contributed by atoms with Crippen LogP contribution in [0.5, 0.6) is 0 Å². The number of nitrogens with zero attached hydrogens (tertiary/aromatic N) is 1. The molecular weight excluding hydrogens is 362 g/mol. The summed E-state index contributed by atoms with van der Waals surface area (Å²) in [4.78, 5) is 2.71. The van der Waals surface area contributed by atoms with Gasteiger partial charge in [0.2, 0.25) is 0 Å². The van der Waals surface area contributed by atoms with Crippen molar-refractivity contribution in [3.63, 3.8) is 0 Å². The van der Waals surface area contributed by atoms with Gasteiger partial charge in [-0.3, -0.25) is 0 Å². The Labute approximate surface area is 185 Å². The van der Waals surface area contributed by atoms with Crippen molar-refractivity contribution < 1.29 is 21.7 Å². The zero-order chi connectivity index (χ0) is 19.4. The summed E-state index contributed by atoms with van der Waals surface area (Å²) in [5.41, 5.74) is 4.88. The van der Waals surface area contributed by atoms with Gasteiger partial charge in [-0.05, 0) is 44.8 Å². The normalized spacial score (nSPS) is 13.6. The van der Waals surface area contributed by atoms with E-state index < -0.39 is 0 Å². The molecule has 0 heterocycles. The standard InChI is InChI=1S/C25H46N.Ti/c1-7-11-16-26(17-12-8-2)18-15-23-19-24(21(5)13-9-3)20-25(23)22(6)14-10-4;/h19-22H,7-18H2,1-6H3;/q-1;+3. The molecule has 1 rings (SSSR count). The smallest absolute Gasteiger partial charge is 0.304 e. The summed E-state index contributed by atoms with van der Waals surface area (Å²) >= 11 is 0. The molecule has 0 N–H and O–H groups in total. The number of hydrogen-bond donors (Lipinski definition) is 0. The molecule has 0 aromatic heterocycles. The summed E-state index contributed by atoms with van der Waals surface area (Å²) in [5.74, 6) is 1.41. The van der Waals surface area contributed by atoms with E-state index in [1.807, 2.05) is 0 Å². The van der Waals surface area contributed by atoms with E-state index in [2.05, 4.69) is 58.6 Å². The minimum atomic E-state index is 0. The molecule has 0 aliphatic rings. The average molecular weight is 409 g/mol. The Morgan fingerprint density at radius 3 is 1.89 bits per heavy atom. The quantitative estimate of drug-likeness (QED) is 0.213. The van der Waals surface area contributed by atoms with Crippen LogP contribution in [0, 0.1) is 0 Å². The SMILES string of the molecule is CCCCN(CCCC)CC[c-]1cc(C(C)CCC)cc1C(C)CCC.[Ti+3]. The van der Waals surface area contributed by atoms with E-state index in [0.717, 1.165) is 0 Å². The molecule has 0 aliphatic heterocycles. The molecule has 2 unspecified atom stereocenters. The van der Waals surface area contributed by atoms with E-state index in [-0.39, 0.29) is 21.7 Å². The van der Waals surface area contributed by atoms with Crippen molar-refractivity contribution in [3.8, 4) is 0 Å². The largest absolute Gasteiger partial charge is 3.00 e. The van der Waals surface area contributed by atoms with Gasteiger partial charge in [0.1, 0.15) is 0 Å². The monoisotopic (exact) mass is 408 g/mol. The van der Waals surface area contributed by atoms with Crippen LogP contribution in [0.1, 0.15) is 121 Å². The summed E-state index contributed by atoms with van der Waals surface area (Å²) in [6.07, 6.45) is 11.7. The van der Waals surface area contributed by atoms with Gasteiger partial charge in [0.05, 0.1) is 0 Å². The Kier molecular flexibility index (Phi) is 15.9. The molecule has 0 saturated carbocycles.